The molecule has 114 valence electrons. The molecule has 2 rings (SSSR count). The standard InChI is InChI=1S/C16H23N3O2/c1-12-7-9-19(10-8-12)16(21)18-11-13-3-5-14(6-4-13)15(20)17-2/h3-6,12H,7-11H2,1-2H3,(H,17,20)(H,18,21). The van der Waals surface area contributed by atoms with Gasteiger partial charge in [-0.25, -0.2) is 4.79 Å². The fraction of sp³-hybridized carbons (Fsp3) is 0.500. The highest BCUT2D eigenvalue weighted by Gasteiger charge is 2.19. The number of nitrogens with one attached hydrogen (secondary N) is 2. The van der Waals surface area contributed by atoms with E-state index in [-0.39, 0.29) is 11.9 Å². The molecule has 0 unspecified atom stereocenters. The summed E-state index contributed by atoms with van der Waals surface area (Å²) in [7, 11) is 1.61. The summed E-state index contributed by atoms with van der Waals surface area (Å²) in [6.07, 6.45) is 2.16. The number of piperidine rings is 1. The number of rotatable bonds is 3. The highest BCUT2D eigenvalue weighted by Crippen LogP contribution is 2.15. The van der Waals surface area contributed by atoms with Crippen molar-refractivity contribution in [2.45, 2.75) is 26.3 Å². The molecule has 0 bridgehead atoms. The number of amides is 3. The monoisotopic (exact) mass is 289 g/mol. The van der Waals surface area contributed by atoms with Crippen molar-refractivity contribution in [3.63, 3.8) is 0 Å². The lowest BCUT2D eigenvalue weighted by atomic mass is 10.00. The Kier molecular flexibility index (Phi) is 5.20. The first-order chi connectivity index (χ1) is 10.1. The van der Waals surface area contributed by atoms with E-state index < -0.39 is 0 Å². The summed E-state index contributed by atoms with van der Waals surface area (Å²) in [6, 6.07) is 7.26. The van der Waals surface area contributed by atoms with Gasteiger partial charge in [-0.05, 0) is 36.5 Å². The minimum absolute atomic E-state index is 0.00252. The van der Waals surface area contributed by atoms with E-state index in [1.54, 1.807) is 19.2 Å². The van der Waals surface area contributed by atoms with Gasteiger partial charge in [-0.3, -0.25) is 4.79 Å². The van der Waals surface area contributed by atoms with E-state index in [0.717, 1.165) is 31.5 Å². The summed E-state index contributed by atoms with van der Waals surface area (Å²) in [4.78, 5) is 25.4. The Morgan fingerprint density at radius 3 is 2.38 bits per heavy atom. The SMILES string of the molecule is CNC(=O)c1ccc(CNC(=O)N2CCC(C)CC2)cc1. The van der Waals surface area contributed by atoms with Crippen LogP contribution in [0, 0.1) is 5.92 Å². The number of carbonyl (C=O) groups is 2. The maximum atomic E-state index is 12.1. The Hall–Kier alpha value is -2.04. The Labute approximate surface area is 125 Å². The largest absolute Gasteiger partial charge is 0.355 e. The van der Waals surface area contributed by atoms with Crippen molar-refractivity contribution in [3.05, 3.63) is 35.4 Å². The summed E-state index contributed by atoms with van der Waals surface area (Å²) >= 11 is 0. The van der Waals surface area contributed by atoms with Gasteiger partial charge in [0, 0.05) is 32.2 Å². The molecule has 5 nitrogen and oxygen atoms in total. The van der Waals surface area contributed by atoms with Gasteiger partial charge in [0.25, 0.3) is 5.91 Å². The van der Waals surface area contributed by atoms with Crippen molar-refractivity contribution >= 4 is 11.9 Å². The van der Waals surface area contributed by atoms with E-state index in [1.807, 2.05) is 17.0 Å². The highest BCUT2D eigenvalue weighted by atomic mass is 16.2. The van der Waals surface area contributed by atoms with Crippen LogP contribution in [0.15, 0.2) is 24.3 Å². The van der Waals surface area contributed by atoms with Crippen molar-refractivity contribution in [3.8, 4) is 0 Å². The Morgan fingerprint density at radius 1 is 1.19 bits per heavy atom. The molecule has 1 aromatic rings. The summed E-state index contributed by atoms with van der Waals surface area (Å²) < 4.78 is 0. The first-order valence-corrected chi connectivity index (χ1v) is 7.44. The van der Waals surface area contributed by atoms with Crippen LogP contribution in [-0.2, 0) is 6.54 Å². The van der Waals surface area contributed by atoms with Crippen LogP contribution in [0.25, 0.3) is 0 Å². The van der Waals surface area contributed by atoms with Gasteiger partial charge in [-0.1, -0.05) is 19.1 Å². The molecule has 0 aromatic heterocycles. The average Bonchev–Trinajstić information content (AvgIpc) is 2.53. The fourth-order valence-corrected chi connectivity index (χ4v) is 2.42. The van der Waals surface area contributed by atoms with E-state index >= 15 is 0 Å². The van der Waals surface area contributed by atoms with Crippen molar-refractivity contribution in [2.24, 2.45) is 5.92 Å². The molecule has 0 aliphatic carbocycles. The minimum atomic E-state index is -0.104. The molecule has 3 amide bonds. The number of likely N-dealkylation sites (tertiary alicyclic amines) is 1. The molecule has 1 aliphatic heterocycles. The fourth-order valence-electron chi connectivity index (χ4n) is 2.42. The van der Waals surface area contributed by atoms with Crippen LogP contribution in [0.3, 0.4) is 0 Å². The van der Waals surface area contributed by atoms with Crippen LogP contribution >= 0.6 is 0 Å². The van der Waals surface area contributed by atoms with Crippen molar-refractivity contribution < 1.29 is 9.59 Å². The minimum Gasteiger partial charge on any atom is -0.355 e. The molecule has 2 N–H and O–H groups in total. The quantitative estimate of drug-likeness (QED) is 0.894. The Bertz CT molecular complexity index is 491. The maximum Gasteiger partial charge on any atom is 0.317 e. The summed E-state index contributed by atoms with van der Waals surface area (Å²) in [5, 5.41) is 5.51. The van der Waals surface area contributed by atoms with E-state index in [0.29, 0.717) is 18.0 Å². The molecular weight excluding hydrogens is 266 g/mol. The van der Waals surface area contributed by atoms with Crippen LogP contribution in [-0.4, -0.2) is 37.0 Å². The lowest BCUT2D eigenvalue weighted by Crippen LogP contribution is -2.43. The third-order valence-electron chi connectivity index (χ3n) is 3.96. The van der Waals surface area contributed by atoms with Gasteiger partial charge >= 0.3 is 6.03 Å². The van der Waals surface area contributed by atoms with Crippen molar-refractivity contribution in [1.29, 1.82) is 0 Å². The van der Waals surface area contributed by atoms with Crippen LogP contribution in [0.2, 0.25) is 0 Å². The van der Waals surface area contributed by atoms with Crippen LogP contribution < -0.4 is 10.6 Å². The lowest BCUT2D eigenvalue weighted by molar-refractivity contribution is 0.0963. The normalized spacial score (nSPS) is 15.6. The molecule has 5 heteroatoms. The van der Waals surface area contributed by atoms with E-state index in [9.17, 15) is 9.59 Å². The third kappa shape index (κ3) is 4.21. The van der Waals surface area contributed by atoms with E-state index in [1.165, 1.54) is 0 Å². The second-order valence-electron chi connectivity index (χ2n) is 5.60. The third-order valence-corrected chi connectivity index (χ3v) is 3.96. The molecule has 0 atom stereocenters. The predicted molar refractivity (Wildman–Crippen MR) is 82.0 cm³/mol. The van der Waals surface area contributed by atoms with Crippen LogP contribution in [0.4, 0.5) is 4.79 Å². The smallest absolute Gasteiger partial charge is 0.317 e. The molecule has 1 aromatic carbocycles. The highest BCUT2D eigenvalue weighted by molar-refractivity contribution is 5.93. The Morgan fingerprint density at radius 2 is 1.81 bits per heavy atom. The molecule has 1 aliphatic rings. The summed E-state index contributed by atoms with van der Waals surface area (Å²) in [5.74, 6) is 0.610. The topological polar surface area (TPSA) is 61.4 Å². The van der Waals surface area contributed by atoms with Gasteiger partial charge in [0.1, 0.15) is 0 Å². The second kappa shape index (κ2) is 7.11. The zero-order valence-corrected chi connectivity index (χ0v) is 12.7. The maximum absolute atomic E-state index is 12.1. The van der Waals surface area contributed by atoms with Gasteiger partial charge in [-0.2, -0.15) is 0 Å². The van der Waals surface area contributed by atoms with Crippen LogP contribution in [0.5, 0.6) is 0 Å². The average molecular weight is 289 g/mol. The first kappa shape index (κ1) is 15.4. The molecule has 1 saturated heterocycles. The van der Waals surface area contributed by atoms with E-state index in [2.05, 4.69) is 17.6 Å². The molecule has 21 heavy (non-hydrogen) atoms. The zero-order valence-electron chi connectivity index (χ0n) is 12.7. The molecule has 0 saturated carbocycles. The summed E-state index contributed by atoms with van der Waals surface area (Å²) in [5.41, 5.74) is 1.61. The second-order valence-corrected chi connectivity index (χ2v) is 5.60. The number of benzene rings is 1. The van der Waals surface area contributed by atoms with Crippen molar-refractivity contribution in [2.75, 3.05) is 20.1 Å². The number of carbonyl (C=O) groups excluding carboxylic acids is 2. The molecular formula is C16H23N3O2. The van der Waals surface area contributed by atoms with Gasteiger partial charge < -0.3 is 15.5 Å². The van der Waals surface area contributed by atoms with E-state index in [4.69, 9.17) is 0 Å². The molecule has 0 radical (unpaired) electrons. The first-order valence-electron chi connectivity index (χ1n) is 7.44. The molecule has 1 fully saturated rings. The summed E-state index contributed by atoms with van der Waals surface area (Å²) in [6.45, 7) is 4.38. The van der Waals surface area contributed by atoms with Gasteiger partial charge in [0.15, 0.2) is 0 Å². The van der Waals surface area contributed by atoms with Gasteiger partial charge in [0.2, 0.25) is 0 Å². The zero-order chi connectivity index (χ0) is 15.2. The number of urea groups is 1. The van der Waals surface area contributed by atoms with Crippen LogP contribution in [0.1, 0.15) is 35.7 Å². The van der Waals surface area contributed by atoms with Gasteiger partial charge in [0.05, 0.1) is 0 Å². The number of hydrogen-bond acceptors (Lipinski definition) is 2. The number of nitrogens with zero attached hydrogens (tertiary/aromatic N) is 1. The van der Waals surface area contributed by atoms with Gasteiger partial charge in [-0.15, -0.1) is 0 Å². The molecule has 1 heterocycles. The lowest BCUT2D eigenvalue weighted by Gasteiger charge is -2.30. The number of hydrogen-bond donors (Lipinski definition) is 2. The predicted octanol–water partition coefficient (Wildman–Crippen LogP) is 1.99. The van der Waals surface area contributed by atoms with Crippen molar-refractivity contribution in [1.82, 2.24) is 15.5 Å². The Balaban J connectivity index is 1.82. The molecule has 0 spiro atoms.